The predicted molar refractivity (Wildman–Crippen MR) is 138 cm³/mol. The van der Waals surface area contributed by atoms with Crippen LogP contribution in [-0.2, 0) is 9.59 Å². The summed E-state index contributed by atoms with van der Waals surface area (Å²) in [6.07, 6.45) is 0. The Bertz CT molecular complexity index is 1580. The first-order valence-electron chi connectivity index (χ1n) is 11.2. The van der Waals surface area contributed by atoms with Gasteiger partial charge in [-0.1, -0.05) is 23.7 Å². The quantitative estimate of drug-likeness (QED) is 0.212. The van der Waals surface area contributed by atoms with Gasteiger partial charge in [-0.2, -0.15) is 0 Å². The smallest absolute Gasteiger partial charge is 0.302 e. The van der Waals surface area contributed by atoms with Crippen molar-refractivity contribution < 1.29 is 28.9 Å². The van der Waals surface area contributed by atoms with Gasteiger partial charge in [0.05, 0.1) is 49.5 Å². The van der Waals surface area contributed by atoms with Crippen LogP contribution in [0.25, 0.3) is 16.8 Å². The molecule has 1 aliphatic rings. The highest BCUT2D eigenvalue weighted by molar-refractivity contribution is 6.51. The summed E-state index contributed by atoms with van der Waals surface area (Å²) in [5, 5.41) is 11.8. The molecule has 5 rings (SSSR count). The zero-order valence-electron chi connectivity index (χ0n) is 20.1. The number of imidazole rings is 1. The van der Waals surface area contributed by atoms with E-state index in [0.29, 0.717) is 33.1 Å². The van der Waals surface area contributed by atoms with Gasteiger partial charge in [0.2, 0.25) is 5.95 Å². The number of anilines is 1. The third kappa shape index (κ3) is 4.13. The molecule has 0 radical (unpaired) electrons. The fraction of sp³-hybridized carbons (Fsp3) is 0.148. The largest absolute Gasteiger partial charge is 0.507 e. The number of amides is 1. The lowest BCUT2D eigenvalue weighted by atomic mass is 9.95. The van der Waals surface area contributed by atoms with Crippen LogP contribution in [0.5, 0.6) is 17.2 Å². The van der Waals surface area contributed by atoms with Crippen molar-refractivity contribution in [3.05, 3.63) is 82.4 Å². The van der Waals surface area contributed by atoms with Gasteiger partial charge in [0.15, 0.2) is 0 Å². The normalized spacial score (nSPS) is 16.9. The van der Waals surface area contributed by atoms with E-state index in [1.54, 1.807) is 61.7 Å². The first-order valence-corrected chi connectivity index (χ1v) is 11.6. The van der Waals surface area contributed by atoms with E-state index in [2.05, 4.69) is 9.97 Å². The number of hydrogen-bond donors (Lipinski definition) is 2. The molecule has 1 aromatic heterocycles. The average Bonchev–Trinajstić information content (AvgIpc) is 3.45. The monoisotopic (exact) mass is 519 g/mol. The second-order valence-electron chi connectivity index (χ2n) is 8.23. The number of methoxy groups -OCH3 is 3. The molecule has 1 amide bonds. The van der Waals surface area contributed by atoms with Crippen LogP contribution < -0.4 is 19.1 Å². The lowest BCUT2D eigenvalue weighted by Gasteiger charge is -2.23. The van der Waals surface area contributed by atoms with Gasteiger partial charge in [0, 0.05) is 11.1 Å². The number of fused-ring (bicyclic) bond motifs is 1. The molecule has 0 saturated carbocycles. The highest BCUT2D eigenvalue weighted by Gasteiger charge is 2.48. The average molecular weight is 520 g/mol. The van der Waals surface area contributed by atoms with E-state index < -0.39 is 23.5 Å². The number of nitrogens with one attached hydrogen (secondary N) is 1. The SMILES string of the molecule is COc1cccc(C2/C(=C(\O)c3cc(Cl)ccc3OC)C(=O)C(=O)N2c2nc3ccc(OC)cc3[nH]2)c1. The molecule has 2 N–H and O–H groups in total. The summed E-state index contributed by atoms with van der Waals surface area (Å²) in [6.45, 7) is 0. The van der Waals surface area contributed by atoms with Gasteiger partial charge in [0.25, 0.3) is 5.78 Å². The van der Waals surface area contributed by atoms with E-state index in [-0.39, 0.29) is 22.8 Å². The zero-order valence-corrected chi connectivity index (χ0v) is 20.9. The van der Waals surface area contributed by atoms with E-state index >= 15 is 0 Å². The summed E-state index contributed by atoms with van der Waals surface area (Å²) in [5.41, 5.74) is 1.74. The standard InChI is InChI=1S/C27H22ClN3O6/c1-35-16-6-4-5-14(11-16)23-22(24(32)18-12-15(28)7-10-21(18)37-3)25(33)26(34)31(23)27-29-19-9-8-17(36-2)13-20(19)30-27/h4-13,23,32H,1-3H3,(H,29,30)/b24-22+. The maximum Gasteiger partial charge on any atom is 0.302 e. The number of hydrogen-bond acceptors (Lipinski definition) is 7. The molecule has 10 heteroatoms. The number of Topliss-reactive ketones (excluding diaryl/α,β-unsaturated/α-hetero) is 1. The van der Waals surface area contributed by atoms with Gasteiger partial charge in [-0.3, -0.25) is 14.5 Å². The van der Waals surface area contributed by atoms with Gasteiger partial charge in [-0.15, -0.1) is 0 Å². The number of aliphatic hydroxyl groups is 1. The third-order valence-electron chi connectivity index (χ3n) is 6.18. The molecule has 3 aromatic carbocycles. The number of carbonyl (C=O) groups is 2. The zero-order chi connectivity index (χ0) is 26.3. The Kier molecular flexibility index (Phi) is 6.22. The number of ketones is 1. The number of benzene rings is 3. The Morgan fingerprint density at radius 1 is 0.973 bits per heavy atom. The lowest BCUT2D eigenvalue weighted by molar-refractivity contribution is -0.132. The molecule has 4 aromatic rings. The summed E-state index contributed by atoms with van der Waals surface area (Å²) >= 11 is 6.18. The molecule has 2 heterocycles. The van der Waals surface area contributed by atoms with Crippen molar-refractivity contribution in [2.45, 2.75) is 6.04 Å². The van der Waals surface area contributed by atoms with E-state index in [1.165, 1.54) is 25.2 Å². The number of aliphatic hydroxyl groups excluding tert-OH is 1. The Morgan fingerprint density at radius 2 is 1.73 bits per heavy atom. The minimum absolute atomic E-state index is 0.135. The molecule has 1 saturated heterocycles. The second kappa shape index (κ2) is 9.51. The molecule has 0 spiro atoms. The van der Waals surface area contributed by atoms with Crippen molar-refractivity contribution in [1.29, 1.82) is 0 Å². The molecule has 37 heavy (non-hydrogen) atoms. The van der Waals surface area contributed by atoms with Crippen LogP contribution in [0.3, 0.4) is 0 Å². The fourth-order valence-electron chi connectivity index (χ4n) is 4.40. The second-order valence-corrected chi connectivity index (χ2v) is 8.67. The van der Waals surface area contributed by atoms with Crippen LogP contribution in [0.1, 0.15) is 17.2 Å². The summed E-state index contributed by atoms with van der Waals surface area (Å²) in [5.74, 6) is -0.638. The number of aromatic amines is 1. The van der Waals surface area contributed by atoms with Crippen LogP contribution in [0.15, 0.2) is 66.2 Å². The van der Waals surface area contributed by atoms with Crippen LogP contribution >= 0.6 is 11.6 Å². The molecule has 1 atom stereocenters. The number of nitrogens with zero attached hydrogens (tertiary/aromatic N) is 2. The maximum atomic E-state index is 13.5. The van der Waals surface area contributed by atoms with Crippen molar-refractivity contribution in [1.82, 2.24) is 9.97 Å². The van der Waals surface area contributed by atoms with Gasteiger partial charge in [0.1, 0.15) is 23.0 Å². The predicted octanol–water partition coefficient (Wildman–Crippen LogP) is 4.87. The summed E-state index contributed by atoms with van der Waals surface area (Å²) in [7, 11) is 4.49. The van der Waals surface area contributed by atoms with Gasteiger partial charge in [-0.05, 0) is 48.0 Å². The number of ether oxygens (including phenoxy) is 3. The van der Waals surface area contributed by atoms with Crippen molar-refractivity contribution in [2.75, 3.05) is 26.2 Å². The summed E-state index contributed by atoms with van der Waals surface area (Å²) in [4.78, 5) is 35.8. The molecular formula is C27H22ClN3O6. The van der Waals surface area contributed by atoms with Crippen LogP contribution in [0, 0.1) is 0 Å². The third-order valence-corrected chi connectivity index (χ3v) is 6.41. The van der Waals surface area contributed by atoms with Crippen LogP contribution in [0.2, 0.25) is 5.02 Å². The number of aromatic nitrogens is 2. The molecule has 0 bridgehead atoms. The van der Waals surface area contributed by atoms with E-state index in [9.17, 15) is 14.7 Å². The highest BCUT2D eigenvalue weighted by atomic mass is 35.5. The minimum Gasteiger partial charge on any atom is -0.507 e. The lowest BCUT2D eigenvalue weighted by Crippen LogP contribution is -2.30. The van der Waals surface area contributed by atoms with Crippen LogP contribution in [0.4, 0.5) is 5.95 Å². The van der Waals surface area contributed by atoms with E-state index in [0.717, 1.165) is 0 Å². The summed E-state index contributed by atoms with van der Waals surface area (Å²) in [6, 6.07) is 15.7. The first-order chi connectivity index (χ1) is 17.9. The molecule has 1 aliphatic heterocycles. The van der Waals surface area contributed by atoms with Gasteiger partial charge < -0.3 is 24.3 Å². The molecule has 188 valence electrons. The van der Waals surface area contributed by atoms with E-state index in [1.807, 2.05) is 0 Å². The number of H-pyrrole nitrogens is 1. The maximum absolute atomic E-state index is 13.5. The van der Waals surface area contributed by atoms with E-state index in [4.69, 9.17) is 25.8 Å². The van der Waals surface area contributed by atoms with Crippen molar-refractivity contribution in [3.63, 3.8) is 0 Å². The minimum atomic E-state index is -1.03. The topological polar surface area (TPSA) is 114 Å². The Morgan fingerprint density at radius 3 is 2.46 bits per heavy atom. The molecule has 1 unspecified atom stereocenters. The number of rotatable bonds is 6. The first kappa shape index (κ1) is 24.2. The Labute approximate surface area is 216 Å². The van der Waals surface area contributed by atoms with Gasteiger partial charge in [-0.25, -0.2) is 4.98 Å². The van der Waals surface area contributed by atoms with Crippen molar-refractivity contribution in [3.8, 4) is 17.2 Å². The van der Waals surface area contributed by atoms with Crippen LogP contribution in [-0.4, -0.2) is 48.1 Å². The summed E-state index contributed by atoms with van der Waals surface area (Å²) < 4.78 is 16.0. The molecule has 1 fully saturated rings. The molecule has 9 nitrogen and oxygen atoms in total. The van der Waals surface area contributed by atoms with Gasteiger partial charge >= 0.3 is 5.91 Å². The highest BCUT2D eigenvalue weighted by Crippen LogP contribution is 2.44. The number of carbonyl (C=O) groups excluding carboxylic acids is 2. The van der Waals surface area contributed by atoms with Crippen molar-refractivity contribution >= 4 is 46.0 Å². The Balaban J connectivity index is 1.76. The molecule has 0 aliphatic carbocycles. The van der Waals surface area contributed by atoms with Crippen molar-refractivity contribution in [2.24, 2.45) is 0 Å². The number of halogens is 1. The molecular weight excluding hydrogens is 498 g/mol. The Hall–Kier alpha value is -4.50. The fourth-order valence-corrected chi connectivity index (χ4v) is 4.58.